The van der Waals surface area contributed by atoms with Gasteiger partial charge in [0.1, 0.15) is 0 Å². The summed E-state index contributed by atoms with van der Waals surface area (Å²) in [5.41, 5.74) is 3.52. The third-order valence-electron chi connectivity index (χ3n) is 3.27. The van der Waals surface area contributed by atoms with E-state index < -0.39 is 6.10 Å². The molecule has 0 radical (unpaired) electrons. The number of benzene rings is 2. The lowest BCUT2D eigenvalue weighted by atomic mass is 10.0. The number of aliphatic hydroxyl groups excluding tert-OH is 1. The minimum atomic E-state index is -0.689. The average molecular weight is 269 g/mol. The molecule has 0 saturated heterocycles. The Morgan fingerprint density at radius 2 is 1.85 bits per heavy atom. The zero-order valence-corrected chi connectivity index (χ0v) is 11.8. The zero-order valence-electron chi connectivity index (χ0n) is 11.8. The Morgan fingerprint density at radius 1 is 1.15 bits per heavy atom. The van der Waals surface area contributed by atoms with E-state index in [1.54, 1.807) is 0 Å². The van der Waals surface area contributed by atoms with Crippen LogP contribution in [0.2, 0.25) is 0 Å². The summed E-state index contributed by atoms with van der Waals surface area (Å²) in [6, 6.07) is 15.0. The number of amides is 1. The molecule has 20 heavy (non-hydrogen) atoms. The van der Waals surface area contributed by atoms with Gasteiger partial charge in [-0.1, -0.05) is 48.0 Å². The number of carbonyl (C=O) groups is 1. The van der Waals surface area contributed by atoms with Crippen molar-refractivity contribution in [2.45, 2.75) is 20.0 Å². The van der Waals surface area contributed by atoms with Gasteiger partial charge < -0.3 is 10.4 Å². The van der Waals surface area contributed by atoms with Gasteiger partial charge in [0.15, 0.2) is 0 Å². The molecule has 0 heterocycles. The second-order valence-electron chi connectivity index (χ2n) is 4.95. The van der Waals surface area contributed by atoms with E-state index in [2.05, 4.69) is 5.32 Å². The molecule has 3 heteroatoms. The topological polar surface area (TPSA) is 49.3 Å². The van der Waals surface area contributed by atoms with Gasteiger partial charge >= 0.3 is 0 Å². The minimum Gasteiger partial charge on any atom is -0.387 e. The monoisotopic (exact) mass is 269 g/mol. The van der Waals surface area contributed by atoms with Gasteiger partial charge in [0.25, 0.3) is 5.91 Å². The van der Waals surface area contributed by atoms with Crippen LogP contribution < -0.4 is 5.32 Å². The first-order chi connectivity index (χ1) is 9.58. The highest BCUT2D eigenvalue weighted by Gasteiger charge is 2.12. The Balaban J connectivity index is 1.99. The van der Waals surface area contributed by atoms with E-state index in [9.17, 15) is 9.90 Å². The van der Waals surface area contributed by atoms with Crippen LogP contribution in [0.3, 0.4) is 0 Å². The van der Waals surface area contributed by atoms with Gasteiger partial charge in [-0.05, 0) is 31.0 Å². The van der Waals surface area contributed by atoms with Crippen molar-refractivity contribution in [3.63, 3.8) is 0 Å². The molecule has 0 unspecified atom stereocenters. The lowest BCUT2D eigenvalue weighted by Gasteiger charge is -2.13. The van der Waals surface area contributed by atoms with Crippen LogP contribution in [-0.4, -0.2) is 17.6 Å². The van der Waals surface area contributed by atoms with Gasteiger partial charge in [-0.2, -0.15) is 0 Å². The van der Waals surface area contributed by atoms with Crippen molar-refractivity contribution in [1.29, 1.82) is 0 Å². The van der Waals surface area contributed by atoms with Crippen LogP contribution in [0.25, 0.3) is 0 Å². The predicted octanol–water partition coefficient (Wildman–Crippen LogP) is 2.77. The van der Waals surface area contributed by atoms with Crippen LogP contribution in [0.1, 0.15) is 33.2 Å². The minimum absolute atomic E-state index is 0.155. The molecular weight excluding hydrogens is 250 g/mol. The van der Waals surface area contributed by atoms with Crippen LogP contribution in [0.4, 0.5) is 0 Å². The second-order valence-corrected chi connectivity index (χ2v) is 4.95. The molecule has 1 amide bonds. The van der Waals surface area contributed by atoms with Crippen LogP contribution in [0.15, 0.2) is 48.5 Å². The molecule has 1 atom stereocenters. The summed E-state index contributed by atoms with van der Waals surface area (Å²) in [5.74, 6) is -0.155. The van der Waals surface area contributed by atoms with E-state index in [0.717, 1.165) is 16.7 Å². The van der Waals surface area contributed by atoms with Crippen molar-refractivity contribution in [1.82, 2.24) is 5.32 Å². The SMILES string of the molecule is Cc1ccc(C(=O)NC[C@H](O)c2ccccc2)c(C)c1. The fourth-order valence-corrected chi connectivity index (χ4v) is 2.15. The molecule has 0 bridgehead atoms. The Hall–Kier alpha value is -2.13. The summed E-state index contributed by atoms with van der Waals surface area (Å²) in [7, 11) is 0. The van der Waals surface area contributed by atoms with Crippen LogP contribution in [0, 0.1) is 13.8 Å². The molecule has 0 aliphatic heterocycles. The van der Waals surface area contributed by atoms with Crippen molar-refractivity contribution in [2.75, 3.05) is 6.54 Å². The maximum Gasteiger partial charge on any atom is 0.251 e. The highest BCUT2D eigenvalue weighted by Crippen LogP contribution is 2.13. The zero-order chi connectivity index (χ0) is 14.5. The Labute approximate surface area is 119 Å². The summed E-state index contributed by atoms with van der Waals surface area (Å²) in [5, 5.41) is 12.8. The maximum atomic E-state index is 12.1. The molecule has 2 N–H and O–H groups in total. The lowest BCUT2D eigenvalue weighted by molar-refractivity contribution is 0.0915. The maximum absolute atomic E-state index is 12.1. The van der Waals surface area contributed by atoms with Gasteiger partial charge in [-0.15, -0.1) is 0 Å². The predicted molar refractivity (Wildman–Crippen MR) is 79.7 cm³/mol. The normalized spacial score (nSPS) is 11.9. The molecule has 0 aromatic heterocycles. The van der Waals surface area contributed by atoms with Gasteiger partial charge in [0.2, 0.25) is 0 Å². The van der Waals surface area contributed by atoms with Crippen molar-refractivity contribution < 1.29 is 9.90 Å². The fraction of sp³-hybridized carbons (Fsp3) is 0.235. The standard InChI is InChI=1S/C17H19NO2/c1-12-8-9-15(13(2)10-12)17(20)18-11-16(19)14-6-4-3-5-7-14/h3-10,16,19H,11H2,1-2H3,(H,18,20)/t16-/m0/s1. The highest BCUT2D eigenvalue weighted by atomic mass is 16.3. The van der Waals surface area contributed by atoms with E-state index >= 15 is 0 Å². The average Bonchev–Trinajstić information content (AvgIpc) is 2.45. The number of rotatable bonds is 4. The van der Waals surface area contributed by atoms with E-state index in [-0.39, 0.29) is 12.5 Å². The van der Waals surface area contributed by atoms with Crippen molar-refractivity contribution in [3.8, 4) is 0 Å². The number of carbonyl (C=O) groups excluding carboxylic acids is 1. The van der Waals surface area contributed by atoms with Crippen molar-refractivity contribution in [3.05, 3.63) is 70.8 Å². The summed E-state index contributed by atoms with van der Waals surface area (Å²) < 4.78 is 0. The first kappa shape index (κ1) is 14.3. The molecule has 0 saturated carbocycles. The lowest BCUT2D eigenvalue weighted by Crippen LogP contribution is -2.28. The molecular formula is C17H19NO2. The molecule has 0 spiro atoms. The number of hydrogen-bond donors (Lipinski definition) is 2. The van der Waals surface area contributed by atoms with Crippen LogP contribution in [-0.2, 0) is 0 Å². The van der Waals surface area contributed by atoms with Gasteiger partial charge in [0, 0.05) is 12.1 Å². The summed E-state index contributed by atoms with van der Waals surface area (Å²) in [6.45, 7) is 4.11. The highest BCUT2D eigenvalue weighted by molar-refractivity contribution is 5.95. The smallest absolute Gasteiger partial charge is 0.251 e. The summed E-state index contributed by atoms with van der Waals surface area (Å²) >= 11 is 0. The molecule has 0 aliphatic rings. The van der Waals surface area contributed by atoms with Crippen LogP contribution >= 0.6 is 0 Å². The second kappa shape index (κ2) is 6.35. The molecule has 0 fully saturated rings. The summed E-state index contributed by atoms with van der Waals surface area (Å²) in [6.07, 6.45) is -0.689. The Morgan fingerprint density at radius 3 is 2.50 bits per heavy atom. The molecule has 3 nitrogen and oxygen atoms in total. The fourth-order valence-electron chi connectivity index (χ4n) is 2.15. The van der Waals surface area contributed by atoms with E-state index in [1.165, 1.54) is 0 Å². The van der Waals surface area contributed by atoms with Crippen molar-refractivity contribution >= 4 is 5.91 Å². The largest absolute Gasteiger partial charge is 0.387 e. The van der Waals surface area contributed by atoms with E-state index in [1.807, 2.05) is 62.4 Å². The van der Waals surface area contributed by atoms with Crippen LogP contribution in [0.5, 0.6) is 0 Å². The van der Waals surface area contributed by atoms with Gasteiger partial charge in [0.05, 0.1) is 6.10 Å². The number of hydrogen-bond acceptors (Lipinski definition) is 2. The number of aryl methyl sites for hydroxylation is 2. The first-order valence-corrected chi connectivity index (χ1v) is 6.66. The van der Waals surface area contributed by atoms with Gasteiger partial charge in [-0.3, -0.25) is 4.79 Å². The third-order valence-corrected chi connectivity index (χ3v) is 3.27. The number of aliphatic hydroxyl groups is 1. The Kier molecular flexibility index (Phi) is 4.53. The third kappa shape index (κ3) is 3.45. The Bertz CT molecular complexity index is 593. The molecule has 0 aliphatic carbocycles. The summed E-state index contributed by atoms with van der Waals surface area (Å²) in [4.78, 5) is 12.1. The van der Waals surface area contributed by atoms with Gasteiger partial charge in [-0.25, -0.2) is 0 Å². The van der Waals surface area contributed by atoms with E-state index in [4.69, 9.17) is 0 Å². The van der Waals surface area contributed by atoms with E-state index in [0.29, 0.717) is 5.56 Å². The number of nitrogens with one attached hydrogen (secondary N) is 1. The molecule has 2 aromatic carbocycles. The molecule has 104 valence electrons. The van der Waals surface area contributed by atoms with Crippen molar-refractivity contribution in [2.24, 2.45) is 0 Å². The quantitative estimate of drug-likeness (QED) is 0.896. The molecule has 2 rings (SSSR count). The first-order valence-electron chi connectivity index (χ1n) is 6.66. The molecule has 2 aromatic rings.